The van der Waals surface area contributed by atoms with Gasteiger partial charge in [0.05, 0.1) is 4.92 Å². The smallest absolute Gasteiger partial charge is 0.310 e. The normalized spacial score (nSPS) is 10.6. The summed E-state index contributed by atoms with van der Waals surface area (Å²) in [7, 11) is 0. The number of nitro groups is 1. The van der Waals surface area contributed by atoms with Crippen molar-refractivity contribution in [3.8, 4) is 5.75 Å². The molecule has 0 saturated carbocycles. The molecule has 0 amide bonds. The van der Waals surface area contributed by atoms with Crippen LogP contribution in [0.15, 0.2) is 30.3 Å². The molecule has 0 bridgehead atoms. The molecule has 0 aliphatic heterocycles. The molecule has 6 nitrogen and oxygen atoms in total. The Hall–Kier alpha value is -2.63. The molecule has 0 spiro atoms. The molecule has 23 heavy (non-hydrogen) atoms. The van der Waals surface area contributed by atoms with E-state index in [1.54, 1.807) is 12.1 Å². The third kappa shape index (κ3) is 3.59. The second-order valence-electron chi connectivity index (χ2n) is 5.37. The Morgan fingerprint density at radius 2 is 2.00 bits per heavy atom. The summed E-state index contributed by atoms with van der Waals surface area (Å²) in [6.45, 7) is 6.58. The van der Waals surface area contributed by atoms with Crippen LogP contribution in [0.1, 0.15) is 35.1 Å². The van der Waals surface area contributed by atoms with E-state index >= 15 is 0 Å². The van der Waals surface area contributed by atoms with Crippen molar-refractivity contribution in [2.45, 2.75) is 33.7 Å². The quantitative estimate of drug-likeness (QED) is 0.443. The predicted molar refractivity (Wildman–Crippen MR) is 87.1 cm³/mol. The summed E-state index contributed by atoms with van der Waals surface area (Å²) >= 11 is 0. The highest BCUT2D eigenvalue weighted by atomic mass is 16.6. The number of para-hydroxylation sites is 2. The molecule has 0 atom stereocenters. The molecular formula is C17H20N2O4. The van der Waals surface area contributed by atoms with E-state index in [4.69, 9.17) is 4.74 Å². The number of carbonyl (C=O) groups is 1. The van der Waals surface area contributed by atoms with Crippen LogP contribution in [0.2, 0.25) is 0 Å². The molecule has 0 aliphatic rings. The molecular weight excluding hydrogens is 296 g/mol. The molecule has 1 aromatic carbocycles. The van der Waals surface area contributed by atoms with Crippen LogP contribution in [0.4, 0.5) is 5.69 Å². The highest BCUT2D eigenvalue weighted by molar-refractivity contribution is 5.98. The first-order valence-electron chi connectivity index (χ1n) is 7.51. The SMILES string of the molecule is CCCn1c(C)cc(C(=O)COc2ccccc2[N+](=O)[O-])c1C. The fourth-order valence-corrected chi connectivity index (χ4v) is 2.60. The van der Waals surface area contributed by atoms with Gasteiger partial charge in [-0.05, 0) is 32.4 Å². The molecule has 1 aromatic heterocycles. The third-order valence-corrected chi connectivity index (χ3v) is 3.74. The van der Waals surface area contributed by atoms with Crippen molar-refractivity contribution in [2.24, 2.45) is 0 Å². The van der Waals surface area contributed by atoms with Crippen molar-refractivity contribution in [2.75, 3.05) is 6.61 Å². The molecule has 0 fully saturated rings. The Labute approximate surface area is 134 Å². The van der Waals surface area contributed by atoms with Crippen LogP contribution in [0.25, 0.3) is 0 Å². The van der Waals surface area contributed by atoms with E-state index in [9.17, 15) is 14.9 Å². The van der Waals surface area contributed by atoms with Crippen LogP contribution in [0.5, 0.6) is 5.75 Å². The van der Waals surface area contributed by atoms with Gasteiger partial charge in [0, 0.05) is 29.6 Å². The molecule has 1 heterocycles. The average molecular weight is 316 g/mol. The second kappa shape index (κ2) is 7.09. The lowest BCUT2D eigenvalue weighted by Gasteiger charge is -2.08. The Morgan fingerprint density at radius 3 is 2.65 bits per heavy atom. The maximum atomic E-state index is 12.4. The molecule has 0 radical (unpaired) electrons. The van der Waals surface area contributed by atoms with Crippen LogP contribution >= 0.6 is 0 Å². The molecule has 2 aromatic rings. The van der Waals surface area contributed by atoms with Crippen LogP contribution in [0.3, 0.4) is 0 Å². The lowest BCUT2D eigenvalue weighted by atomic mass is 10.1. The van der Waals surface area contributed by atoms with Crippen LogP contribution in [-0.4, -0.2) is 21.9 Å². The molecule has 6 heteroatoms. The number of rotatable bonds is 7. The van der Waals surface area contributed by atoms with Crippen molar-refractivity contribution in [1.82, 2.24) is 4.57 Å². The fourth-order valence-electron chi connectivity index (χ4n) is 2.60. The molecule has 0 N–H and O–H groups in total. The maximum absolute atomic E-state index is 12.4. The summed E-state index contributed by atoms with van der Waals surface area (Å²) in [6.07, 6.45) is 0.983. The van der Waals surface area contributed by atoms with Crippen LogP contribution in [-0.2, 0) is 6.54 Å². The summed E-state index contributed by atoms with van der Waals surface area (Å²) in [6, 6.07) is 7.89. The Kier molecular flexibility index (Phi) is 5.16. The van der Waals surface area contributed by atoms with Gasteiger partial charge in [0.15, 0.2) is 12.4 Å². The summed E-state index contributed by atoms with van der Waals surface area (Å²) in [5.74, 6) is -0.0770. The van der Waals surface area contributed by atoms with Gasteiger partial charge in [-0.1, -0.05) is 19.1 Å². The topological polar surface area (TPSA) is 74.4 Å². The molecule has 0 saturated heterocycles. The van der Waals surface area contributed by atoms with E-state index in [0.717, 1.165) is 24.4 Å². The van der Waals surface area contributed by atoms with Gasteiger partial charge >= 0.3 is 5.69 Å². The van der Waals surface area contributed by atoms with Crippen LogP contribution < -0.4 is 4.74 Å². The first kappa shape index (κ1) is 16.7. The minimum atomic E-state index is -0.521. The van der Waals surface area contributed by atoms with E-state index in [1.807, 2.05) is 19.9 Å². The number of Topliss-reactive ketones (excluding diaryl/α,β-unsaturated/α-hetero) is 1. The van der Waals surface area contributed by atoms with Crippen molar-refractivity contribution in [1.29, 1.82) is 0 Å². The van der Waals surface area contributed by atoms with Crippen molar-refractivity contribution >= 4 is 11.5 Å². The minimum absolute atomic E-state index is 0.105. The van der Waals surface area contributed by atoms with Gasteiger partial charge in [0.2, 0.25) is 5.78 Å². The van der Waals surface area contributed by atoms with E-state index in [0.29, 0.717) is 5.56 Å². The zero-order valence-electron chi connectivity index (χ0n) is 13.5. The molecule has 2 rings (SSSR count). The lowest BCUT2D eigenvalue weighted by Crippen LogP contribution is -2.13. The molecule has 0 aliphatic carbocycles. The highest BCUT2D eigenvalue weighted by Crippen LogP contribution is 2.26. The van der Waals surface area contributed by atoms with E-state index in [-0.39, 0.29) is 23.8 Å². The largest absolute Gasteiger partial charge is 0.478 e. The number of ether oxygens (including phenoxy) is 1. The first-order chi connectivity index (χ1) is 11.0. The van der Waals surface area contributed by atoms with Crippen molar-refractivity contribution < 1.29 is 14.5 Å². The minimum Gasteiger partial charge on any atom is -0.478 e. The number of hydrogen-bond acceptors (Lipinski definition) is 4. The van der Waals surface area contributed by atoms with Gasteiger partial charge in [0.25, 0.3) is 0 Å². The summed E-state index contributed by atoms with van der Waals surface area (Å²) < 4.78 is 7.47. The summed E-state index contributed by atoms with van der Waals surface area (Å²) in [4.78, 5) is 22.8. The lowest BCUT2D eigenvalue weighted by molar-refractivity contribution is -0.385. The van der Waals surface area contributed by atoms with E-state index < -0.39 is 4.92 Å². The molecule has 122 valence electrons. The number of aromatic nitrogens is 1. The number of nitro benzene ring substituents is 1. The number of aryl methyl sites for hydroxylation is 1. The average Bonchev–Trinajstić information content (AvgIpc) is 2.81. The molecule has 0 unspecified atom stereocenters. The number of hydrogen-bond donors (Lipinski definition) is 0. The van der Waals surface area contributed by atoms with Crippen molar-refractivity contribution in [3.63, 3.8) is 0 Å². The highest BCUT2D eigenvalue weighted by Gasteiger charge is 2.18. The monoisotopic (exact) mass is 316 g/mol. The van der Waals surface area contributed by atoms with Gasteiger partial charge < -0.3 is 9.30 Å². The standard InChI is InChI=1S/C17H20N2O4/c1-4-9-18-12(2)10-14(13(18)3)16(20)11-23-17-8-6-5-7-15(17)19(21)22/h5-8,10H,4,9,11H2,1-3H3. The summed E-state index contributed by atoms with van der Waals surface area (Å²) in [5.41, 5.74) is 2.39. The Bertz CT molecular complexity index is 734. The van der Waals surface area contributed by atoms with Crippen LogP contribution in [0, 0.1) is 24.0 Å². The number of carbonyl (C=O) groups excluding carboxylic acids is 1. The van der Waals surface area contributed by atoms with Gasteiger partial charge in [-0.2, -0.15) is 0 Å². The van der Waals surface area contributed by atoms with Gasteiger partial charge in [-0.25, -0.2) is 0 Å². The van der Waals surface area contributed by atoms with Gasteiger partial charge in [0.1, 0.15) is 0 Å². The summed E-state index contributed by atoms with van der Waals surface area (Å²) in [5, 5.41) is 10.9. The number of benzene rings is 1. The third-order valence-electron chi connectivity index (χ3n) is 3.74. The van der Waals surface area contributed by atoms with E-state index in [2.05, 4.69) is 11.5 Å². The first-order valence-corrected chi connectivity index (χ1v) is 7.51. The maximum Gasteiger partial charge on any atom is 0.310 e. The van der Waals surface area contributed by atoms with Crippen molar-refractivity contribution in [3.05, 3.63) is 57.4 Å². The zero-order valence-corrected chi connectivity index (χ0v) is 13.5. The Balaban J connectivity index is 2.15. The zero-order chi connectivity index (χ0) is 17.0. The second-order valence-corrected chi connectivity index (χ2v) is 5.37. The number of nitrogens with zero attached hydrogens (tertiary/aromatic N) is 2. The predicted octanol–water partition coefficient (Wildman–Crippen LogP) is 3.68. The van der Waals surface area contributed by atoms with Gasteiger partial charge in [-0.3, -0.25) is 14.9 Å². The van der Waals surface area contributed by atoms with Gasteiger partial charge in [-0.15, -0.1) is 0 Å². The Morgan fingerprint density at radius 1 is 1.30 bits per heavy atom. The fraction of sp³-hybridized carbons (Fsp3) is 0.353. The number of ketones is 1. The van der Waals surface area contributed by atoms with E-state index in [1.165, 1.54) is 12.1 Å².